The number of nitrogens with zero attached hydrogens (tertiary/aromatic N) is 3. The van der Waals surface area contributed by atoms with Crippen molar-refractivity contribution in [1.29, 1.82) is 5.26 Å². The molecule has 2 aromatic carbocycles. The fourth-order valence-corrected chi connectivity index (χ4v) is 4.95. The topological polar surface area (TPSA) is 65.2 Å². The normalized spacial score (nSPS) is 15.1. The second-order valence-electron chi connectivity index (χ2n) is 8.20. The van der Waals surface area contributed by atoms with Crippen LogP contribution in [0.15, 0.2) is 42.5 Å². The molecule has 1 aliphatic heterocycles. The van der Waals surface area contributed by atoms with Crippen LogP contribution < -0.4 is 10.6 Å². The molecule has 2 N–H and O–H groups in total. The van der Waals surface area contributed by atoms with Gasteiger partial charge < -0.3 is 10.6 Å². The number of rotatable bonds is 3. The number of anilines is 1. The zero-order valence-electron chi connectivity index (χ0n) is 17.7. The van der Waals surface area contributed by atoms with Crippen molar-refractivity contribution in [2.24, 2.45) is 0 Å². The van der Waals surface area contributed by atoms with Gasteiger partial charge in [-0.2, -0.15) is 18.4 Å². The van der Waals surface area contributed by atoms with Gasteiger partial charge in [0.05, 0.1) is 21.6 Å². The second-order valence-corrected chi connectivity index (χ2v) is 9.04. The van der Waals surface area contributed by atoms with Crippen LogP contribution in [0, 0.1) is 11.3 Å². The molecule has 1 saturated heterocycles. The van der Waals surface area contributed by atoms with Gasteiger partial charge in [-0.3, -0.25) is 4.40 Å². The molecule has 0 atom stereocenters. The van der Waals surface area contributed by atoms with E-state index in [4.69, 9.17) is 23.2 Å². The zero-order chi connectivity index (χ0) is 24.0. The average Bonchev–Trinajstić information content (AvgIpc) is 3.19. The Morgan fingerprint density at radius 2 is 1.79 bits per heavy atom. The van der Waals surface area contributed by atoms with Crippen LogP contribution in [0.1, 0.15) is 24.0 Å². The lowest BCUT2D eigenvalue weighted by atomic mass is 9.99. The summed E-state index contributed by atoms with van der Waals surface area (Å²) in [5, 5.41) is 17.7. The monoisotopic (exact) mass is 503 g/mol. The summed E-state index contributed by atoms with van der Waals surface area (Å²) in [4.78, 5) is 4.64. The van der Waals surface area contributed by atoms with Crippen LogP contribution in [0.25, 0.3) is 27.8 Å². The number of nitrogens with one attached hydrogen (secondary N) is 2. The predicted octanol–water partition coefficient (Wildman–Crippen LogP) is 6.52. The number of alkyl halides is 3. The predicted molar refractivity (Wildman–Crippen MR) is 127 cm³/mol. The van der Waals surface area contributed by atoms with E-state index in [0.717, 1.165) is 38.1 Å². The molecule has 0 bridgehead atoms. The van der Waals surface area contributed by atoms with Gasteiger partial charge in [-0.25, -0.2) is 4.98 Å². The standard InChI is InChI=1S/C24H18Cl2F3N5/c25-15-9-19(26)22-20(10-15)33-23-18(12-30)17(13-1-3-14(4-2-13)24(27,28)29)11-21(34(22)23)32-16-5-7-31-8-6-16/h1-4,9-11,16,31-32H,5-8H2. The Kier molecular flexibility index (Phi) is 5.80. The smallest absolute Gasteiger partial charge is 0.368 e. The van der Waals surface area contributed by atoms with Gasteiger partial charge in [-0.15, -0.1) is 0 Å². The highest BCUT2D eigenvalue weighted by atomic mass is 35.5. The molecule has 1 aliphatic rings. The Labute approximate surface area is 203 Å². The molecule has 10 heteroatoms. The van der Waals surface area contributed by atoms with Crippen molar-refractivity contribution in [1.82, 2.24) is 14.7 Å². The molecule has 4 aromatic rings. The number of pyridine rings is 1. The van der Waals surface area contributed by atoms with Crippen molar-refractivity contribution in [3.05, 3.63) is 63.6 Å². The molecule has 1 fully saturated rings. The Bertz CT molecular complexity index is 1430. The minimum Gasteiger partial charge on any atom is -0.368 e. The summed E-state index contributed by atoms with van der Waals surface area (Å²) in [6, 6.07) is 12.2. The summed E-state index contributed by atoms with van der Waals surface area (Å²) in [5.74, 6) is 0.655. The highest BCUT2D eigenvalue weighted by Gasteiger charge is 2.30. The van der Waals surface area contributed by atoms with Crippen LogP contribution in [-0.4, -0.2) is 28.5 Å². The van der Waals surface area contributed by atoms with E-state index in [1.165, 1.54) is 12.1 Å². The number of benzene rings is 2. The quantitative estimate of drug-likeness (QED) is 0.334. The van der Waals surface area contributed by atoms with Crippen molar-refractivity contribution in [2.45, 2.75) is 25.1 Å². The van der Waals surface area contributed by atoms with Gasteiger partial charge in [0.2, 0.25) is 0 Å². The number of aromatic nitrogens is 2. The Morgan fingerprint density at radius 3 is 2.44 bits per heavy atom. The van der Waals surface area contributed by atoms with Crippen molar-refractivity contribution in [3.63, 3.8) is 0 Å². The molecular formula is C24H18Cl2F3N5. The van der Waals surface area contributed by atoms with Gasteiger partial charge in [0.25, 0.3) is 0 Å². The van der Waals surface area contributed by atoms with Gasteiger partial charge in [-0.1, -0.05) is 35.3 Å². The molecule has 0 radical (unpaired) electrons. The van der Waals surface area contributed by atoms with E-state index in [1.54, 1.807) is 22.6 Å². The van der Waals surface area contributed by atoms with E-state index in [0.29, 0.717) is 43.7 Å². The molecular weight excluding hydrogens is 486 g/mol. The van der Waals surface area contributed by atoms with Crippen molar-refractivity contribution >= 4 is 45.7 Å². The van der Waals surface area contributed by atoms with Crippen molar-refractivity contribution in [2.75, 3.05) is 18.4 Å². The fraction of sp³-hybridized carbons (Fsp3) is 0.250. The molecule has 34 heavy (non-hydrogen) atoms. The van der Waals surface area contributed by atoms with E-state index in [-0.39, 0.29) is 11.6 Å². The van der Waals surface area contributed by atoms with E-state index in [9.17, 15) is 18.4 Å². The third kappa shape index (κ3) is 4.05. The Balaban J connectivity index is 1.77. The minimum absolute atomic E-state index is 0.168. The number of fused-ring (bicyclic) bond motifs is 3. The molecule has 174 valence electrons. The van der Waals surface area contributed by atoms with Crippen molar-refractivity contribution in [3.8, 4) is 17.2 Å². The lowest BCUT2D eigenvalue weighted by Crippen LogP contribution is -2.35. The molecule has 5 nitrogen and oxygen atoms in total. The van der Waals surface area contributed by atoms with E-state index in [1.807, 2.05) is 0 Å². The molecule has 5 rings (SSSR count). The van der Waals surface area contributed by atoms with Gasteiger partial charge in [0, 0.05) is 16.6 Å². The van der Waals surface area contributed by atoms with E-state index < -0.39 is 11.7 Å². The van der Waals surface area contributed by atoms with Crippen LogP contribution in [-0.2, 0) is 6.18 Å². The average molecular weight is 504 g/mol. The van der Waals surface area contributed by atoms with Gasteiger partial charge >= 0.3 is 6.18 Å². The number of imidazole rings is 1. The van der Waals surface area contributed by atoms with Crippen LogP contribution in [0.2, 0.25) is 10.0 Å². The first kappa shape index (κ1) is 22.8. The van der Waals surface area contributed by atoms with E-state index in [2.05, 4.69) is 21.7 Å². The third-order valence-electron chi connectivity index (χ3n) is 6.01. The molecule has 2 aromatic heterocycles. The molecule has 3 heterocycles. The van der Waals surface area contributed by atoms with Crippen LogP contribution >= 0.6 is 23.2 Å². The lowest BCUT2D eigenvalue weighted by molar-refractivity contribution is -0.137. The SMILES string of the molecule is N#Cc1c(-c2ccc(C(F)(F)F)cc2)cc(NC2CCNCC2)n2c1nc1cc(Cl)cc(Cl)c12. The Hall–Kier alpha value is -2.99. The van der Waals surface area contributed by atoms with Crippen LogP contribution in [0.4, 0.5) is 19.0 Å². The molecule has 0 saturated carbocycles. The number of hydrogen-bond donors (Lipinski definition) is 2. The van der Waals surface area contributed by atoms with Crippen molar-refractivity contribution < 1.29 is 13.2 Å². The second kappa shape index (κ2) is 8.66. The summed E-state index contributed by atoms with van der Waals surface area (Å²) in [6.45, 7) is 1.73. The number of piperidine rings is 1. The summed E-state index contributed by atoms with van der Waals surface area (Å²) >= 11 is 12.7. The van der Waals surface area contributed by atoms with Crippen LogP contribution in [0.3, 0.4) is 0 Å². The first-order valence-corrected chi connectivity index (χ1v) is 11.4. The fourth-order valence-electron chi connectivity index (χ4n) is 4.38. The Morgan fingerprint density at radius 1 is 1.09 bits per heavy atom. The number of halogens is 5. The number of nitriles is 1. The largest absolute Gasteiger partial charge is 0.416 e. The maximum absolute atomic E-state index is 13.1. The summed E-state index contributed by atoms with van der Waals surface area (Å²) in [7, 11) is 0. The molecule has 0 amide bonds. The zero-order valence-corrected chi connectivity index (χ0v) is 19.2. The van der Waals surface area contributed by atoms with Gasteiger partial charge in [0.15, 0.2) is 5.65 Å². The summed E-state index contributed by atoms with van der Waals surface area (Å²) in [6.07, 6.45) is -2.66. The number of hydrogen-bond acceptors (Lipinski definition) is 4. The van der Waals surface area contributed by atoms with E-state index >= 15 is 0 Å². The first-order valence-electron chi connectivity index (χ1n) is 10.7. The van der Waals surface area contributed by atoms with Gasteiger partial charge in [-0.05, 0) is 61.8 Å². The molecule has 0 spiro atoms. The lowest BCUT2D eigenvalue weighted by Gasteiger charge is -2.26. The first-order chi connectivity index (χ1) is 16.3. The summed E-state index contributed by atoms with van der Waals surface area (Å²) < 4.78 is 41.0. The molecule has 0 aliphatic carbocycles. The maximum atomic E-state index is 13.1. The third-order valence-corrected chi connectivity index (χ3v) is 6.52. The summed E-state index contributed by atoms with van der Waals surface area (Å²) in [5.41, 5.74) is 1.93. The van der Waals surface area contributed by atoms with Gasteiger partial charge in [0.1, 0.15) is 17.5 Å². The highest BCUT2D eigenvalue weighted by molar-refractivity contribution is 6.38. The van der Waals surface area contributed by atoms with Crippen LogP contribution in [0.5, 0.6) is 0 Å². The highest BCUT2D eigenvalue weighted by Crippen LogP contribution is 2.38. The maximum Gasteiger partial charge on any atom is 0.416 e. The minimum atomic E-state index is -4.45. The molecule has 0 unspecified atom stereocenters.